The Morgan fingerprint density at radius 2 is 1.79 bits per heavy atom. The second kappa shape index (κ2) is 10.0. The second-order valence-electron chi connectivity index (χ2n) is 6.14. The topological polar surface area (TPSA) is 62.1 Å². The Kier molecular flexibility index (Phi) is 8.03. The molecule has 0 saturated heterocycles. The summed E-state index contributed by atoms with van der Waals surface area (Å²) >= 11 is 24.6. The number of nitriles is 1. The maximum atomic E-state index is 12.0. The number of nitrogens with zero attached hydrogens (tertiary/aromatic N) is 1. The molecule has 0 unspecified atom stereocenters. The zero-order valence-corrected chi connectivity index (χ0v) is 18.0. The van der Waals surface area contributed by atoms with E-state index >= 15 is 0 Å². The molecule has 0 spiro atoms. The molecule has 0 aromatic heterocycles. The molecule has 0 bridgehead atoms. The van der Waals surface area contributed by atoms with E-state index in [1.807, 2.05) is 6.07 Å². The summed E-state index contributed by atoms with van der Waals surface area (Å²) in [6.07, 6.45) is 1.41. The largest absolute Gasteiger partial charge is 0.486 e. The predicted octanol–water partition coefficient (Wildman–Crippen LogP) is 6.31. The normalized spacial score (nSPS) is 11.3. The molecule has 2 aromatic carbocycles. The van der Waals surface area contributed by atoms with E-state index in [2.05, 4.69) is 5.32 Å². The van der Waals surface area contributed by atoms with E-state index in [-0.39, 0.29) is 34.0 Å². The fourth-order valence-corrected chi connectivity index (χ4v) is 3.32. The summed E-state index contributed by atoms with van der Waals surface area (Å²) in [5.41, 5.74) is 1.17. The molecule has 1 N–H and O–H groups in total. The standard InChI is InChI=1S/C20H16Cl4N2O2/c1-11(2)26-20(27)14(9-25)5-12-6-17(23)19(18(24)7-12)28-10-13-3-4-15(21)8-16(13)22/h3-8,11H,10H2,1-2H3,(H,26,27)/b14-5-. The van der Waals surface area contributed by atoms with Crippen molar-refractivity contribution in [1.82, 2.24) is 5.32 Å². The van der Waals surface area contributed by atoms with Crippen LogP contribution in [0.4, 0.5) is 0 Å². The maximum Gasteiger partial charge on any atom is 0.262 e. The Morgan fingerprint density at radius 1 is 1.14 bits per heavy atom. The van der Waals surface area contributed by atoms with Crippen LogP contribution in [0, 0.1) is 11.3 Å². The number of ether oxygens (including phenoxy) is 1. The minimum Gasteiger partial charge on any atom is -0.486 e. The third kappa shape index (κ3) is 6.05. The van der Waals surface area contributed by atoms with Crippen molar-refractivity contribution < 1.29 is 9.53 Å². The number of halogens is 4. The Bertz CT molecular complexity index is 942. The third-order valence-corrected chi connectivity index (χ3v) is 4.65. The molecule has 1 amide bonds. The summed E-state index contributed by atoms with van der Waals surface area (Å²) < 4.78 is 5.70. The first-order valence-corrected chi connectivity index (χ1v) is 9.71. The van der Waals surface area contributed by atoms with Crippen LogP contribution in [-0.2, 0) is 11.4 Å². The monoisotopic (exact) mass is 456 g/mol. The van der Waals surface area contributed by atoms with Crippen molar-refractivity contribution in [3.63, 3.8) is 0 Å². The van der Waals surface area contributed by atoms with Crippen molar-refractivity contribution in [3.8, 4) is 11.8 Å². The average Bonchev–Trinajstić information content (AvgIpc) is 2.59. The molecule has 2 aromatic rings. The van der Waals surface area contributed by atoms with E-state index in [1.165, 1.54) is 6.08 Å². The molecule has 0 heterocycles. The van der Waals surface area contributed by atoms with E-state index in [9.17, 15) is 10.1 Å². The number of amides is 1. The van der Waals surface area contributed by atoms with Crippen LogP contribution >= 0.6 is 46.4 Å². The number of nitrogens with one attached hydrogen (secondary N) is 1. The van der Waals surface area contributed by atoms with Gasteiger partial charge in [-0.2, -0.15) is 5.26 Å². The van der Waals surface area contributed by atoms with Gasteiger partial charge >= 0.3 is 0 Å². The Labute approximate surface area is 183 Å². The first-order valence-electron chi connectivity index (χ1n) is 8.19. The van der Waals surface area contributed by atoms with E-state index in [1.54, 1.807) is 44.2 Å². The summed E-state index contributed by atoms with van der Waals surface area (Å²) in [6, 6.07) is 9.97. The van der Waals surface area contributed by atoms with Gasteiger partial charge in [-0.15, -0.1) is 0 Å². The zero-order valence-electron chi connectivity index (χ0n) is 15.0. The zero-order chi connectivity index (χ0) is 20.8. The van der Waals surface area contributed by atoms with Crippen LogP contribution in [-0.4, -0.2) is 11.9 Å². The van der Waals surface area contributed by atoms with Gasteiger partial charge in [0.1, 0.15) is 18.2 Å². The summed E-state index contributed by atoms with van der Waals surface area (Å²) in [7, 11) is 0. The molecule has 0 aliphatic heterocycles. The van der Waals surface area contributed by atoms with Gasteiger partial charge in [-0.1, -0.05) is 52.5 Å². The highest BCUT2D eigenvalue weighted by molar-refractivity contribution is 6.37. The lowest BCUT2D eigenvalue weighted by Gasteiger charge is -2.12. The number of benzene rings is 2. The van der Waals surface area contributed by atoms with Crippen molar-refractivity contribution in [2.24, 2.45) is 0 Å². The van der Waals surface area contributed by atoms with Gasteiger partial charge in [0.25, 0.3) is 5.91 Å². The van der Waals surface area contributed by atoms with Crippen LogP contribution in [0.25, 0.3) is 6.08 Å². The number of carbonyl (C=O) groups is 1. The van der Waals surface area contributed by atoms with Crippen LogP contribution in [0.3, 0.4) is 0 Å². The fraction of sp³-hybridized carbons (Fsp3) is 0.200. The lowest BCUT2D eigenvalue weighted by Crippen LogP contribution is -2.30. The highest BCUT2D eigenvalue weighted by atomic mass is 35.5. The molecule has 8 heteroatoms. The van der Waals surface area contributed by atoms with E-state index in [4.69, 9.17) is 51.1 Å². The Morgan fingerprint density at radius 3 is 2.32 bits per heavy atom. The first-order chi connectivity index (χ1) is 13.2. The number of hydrogen-bond acceptors (Lipinski definition) is 3. The smallest absolute Gasteiger partial charge is 0.262 e. The van der Waals surface area contributed by atoms with Gasteiger partial charge in [-0.25, -0.2) is 0 Å². The van der Waals surface area contributed by atoms with Gasteiger partial charge in [0.2, 0.25) is 0 Å². The highest BCUT2D eigenvalue weighted by Crippen LogP contribution is 2.36. The summed E-state index contributed by atoms with van der Waals surface area (Å²) in [5.74, 6) is -0.195. The third-order valence-electron chi connectivity index (χ3n) is 3.50. The molecule has 146 valence electrons. The van der Waals surface area contributed by atoms with Gasteiger partial charge in [0, 0.05) is 21.7 Å². The average molecular weight is 458 g/mol. The molecule has 0 atom stereocenters. The van der Waals surface area contributed by atoms with Gasteiger partial charge in [0.05, 0.1) is 10.0 Å². The van der Waals surface area contributed by atoms with Crippen LogP contribution < -0.4 is 10.1 Å². The minimum atomic E-state index is -0.470. The van der Waals surface area contributed by atoms with Crippen LogP contribution in [0.1, 0.15) is 25.0 Å². The predicted molar refractivity (Wildman–Crippen MR) is 114 cm³/mol. The summed E-state index contributed by atoms with van der Waals surface area (Å²) in [4.78, 5) is 12.0. The SMILES string of the molecule is CC(C)NC(=O)/C(C#N)=C\c1cc(Cl)c(OCc2ccc(Cl)cc2Cl)c(Cl)c1. The maximum absolute atomic E-state index is 12.0. The Balaban J connectivity index is 2.23. The lowest BCUT2D eigenvalue weighted by atomic mass is 10.1. The van der Waals surface area contributed by atoms with Crippen molar-refractivity contribution in [3.05, 3.63) is 67.1 Å². The number of hydrogen-bond donors (Lipinski definition) is 1. The Hall–Kier alpha value is -1.90. The summed E-state index contributed by atoms with van der Waals surface area (Å²) in [5, 5.41) is 13.4. The van der Waals surface area contributed by atoms with E-state index in [0.717, 1.165) is 5.56 Å². The number of carbonyl (C=O) groups excluding carboxylic acids is 1. The number of rotatable bonds is 6. The summed E-state index contributed by atoms with van der Waals surface area (Å²) in [6.45, 7) is 3.75. The quantitative estimate of drug-likeness (QED) is 0.408. The highest BCUT2D eigenvalue weighted by Gasteiger charge is 2.14. The molecule has 28 heavy (non-hydrogen) atoms. The second-order valence-corrected chi connectivity index (χ2v) is 7.79. The molecule has 0 aliphatic rings. The minimum absolute atomic E-state index is 0.0533. The van der Waals surface area contributed by atoms with Crippen LogP contribution in [0.15, 0.2) is 35.9 Å². The van der Waals surface area contributed by atoms with Gasteiger partial charge in [0.15, 0.2) is 5.75 Å². The lowest BCUT2D eigenvalue weighted by molar-refractivity contribution is -0.117. The molecule has 2 rings (SSSR count). The van der Waals surface area contributed by atoms with Crippen molar-refractivity contribution in [2.45, 2.75) is 26.5 Å². The van der Waals surface area contributed by atoms with E-state index < -0.39 is 5.91 Å². The van der Waals surface area contributed by atoms with Crippen molar-refractivity contribution in [1.29, 1.82) is 5.26 Å². The molecular weight excluding hydrogens is 442 g/mol. The van der Waals surface area contributed by atoms with Gasteiger partial charge < -0.3 is 10.1 Å². The molecule has 4 nitrogen and oxygen atoms in total. The fourth-order valence-electron chi connectivity index (χ4n) is 2.24. The molecule has 0 fully saturated rings. The van der Waals surface area contributed by atoms with Crippen molar-refractivity contribution in [2.75, 3.05) is 0 Å². The molecule has 0 radical (unpaired) electrons. The van der Waals surface area contributed by atoms with Gasteiger partial charge in [-0.3, -0.25) is 4.79 Å². The molecular formula is C20H16Cl4N2O2. The first kappa shape index (κ1) is 22.4. The molecule has 0 saturated carbocycles. The van der Waals surface area contributed by atoms with Crippen LogP contribution in [0.5, 0.6) is 5.75 Å². The van der Waals surface area contributed by atoms with Crippen molar-refractivity contribution >= 4 is 58.4 Å². The van der Waals surface area contributed by atoms with E-state index in [0.29, 0.717) is 15.6 Å². The molecule has 0 aliphatic carbocycles. The van der Waals surface area contributed by atoms with Gasteiger partial charge in [-0.05, 0) is 49.8 Å². The van der Waals surface area contributed by atoms with Crippen LogP contribution in [0.2, 0.25) is 20.1 Å².